The van der Waals surface area contributed by atoms with Gasteiger partial charge in [0.25, 0.3) is 0 Å². The number of nitrogens with zero attached hydrogens (tertiary/aromatic N) is 3. The maximum atomic E-state index is 12.2. The summed E-state index contributed by atoms with van der Waals surface area (Å²) in [5.41, 5.74) is 2.52. The first-order chi connectivity index (χ1) is 13.7. The number of piperazine rings is 1. The van der Waals surface area contributed by atoms with Crippen LogP contribution in [-0.4, -0.2) is 60.2 Å². The van der Waals surface area contributed by atoms with Gasteiger partial charge in [0.15, 0.2) is 5.58 Å². The Morgan fingerprint density at radius 3 is 2.54 bits per heavy atom. The van der Waals surface area contributed by atoms with Crippen LogP contribution in [0.2, 0.25) is 0 Å². The molecule has 2 heterocycles. The van der Waals surface area contributed by atoms with Crippen LogP contribution in [0.4, 0.5) is 5.69 Å². The first kappa shape index (κ1) is 19.5. The van der Waals surface area contributed by atoms with Gasteiger partial charge in [-0.1, -0.05) is 19.3 Å². The number of nitrogens with one attached hydrogen (secondary N) is 1. The third-order valence-corrected chi connectivity index (χ3v) is 6.56. The van der Waals surface area contributed by atoms with Crippen molar-refractivity contribution in [1.29, 1.82) is 0 Å². The highest BCUT2D eigenvalue weighted by atomic mass is 16.4. The number of unbranched alkanes of at least 4 members (excludes halogenated alkanes) is 1. The van der Waals surface area contributed by atoms with Crippen molar-refractivity contribution in [2.24, 2.45) is 0 Å². The number of anilines is 1. The molecule has 0 radical (unpaired) electrons. The summed E-state index contributed by atoms with van der Waals surface area (Å²) in [4.78, 5) is 17.5. The minimum atomic E-state index is -0.246. The lowest BCUT2D eigenvalue weighted by molar-refractivity contribution is 0.0780. The lowest BCUT2D eigenvalue weighted by Crippen LogP contribution is -2.50. The van der Waals surface area contributed by atoms with Crippen molar-refractivity contribution >= 4 is 16.8 Å². The van der Waals surface area contributed by atoms with Crippen molar-refractivity contribution in [2.75, 3.05) is 45.1 Å². The first-order valence-corrected chi connectivity index (χ1v) is 11.0. The largest absolute Gasteiger partial charge is 0.419 e. The van der Waals surface area contributed by atoms with Crippen LogP contribution in [0.3, 0.4) is 0 Å². The van der Waals surface area contributed by atoms with Gasteiger partial charge in [-0.15, -0.1) is 0 Å². The van der Waals surface area contributed by atoms with E-state index in [-0.39, 0.29) is 5.76 Å². The molecular formula is C22H34N4O2. The molecule has 6 nitrogen and oxygen atoms in total. The fourth-order valence-electron chi connectivity index (χ4n) is 4.84. The number of fused-ring (bicyclic) bond motifs is 1. The fourth-order valence-corrected chi connectivity index (χ4v) is 4.84. The van der Waals surface area contributed by atoms with Crippen LogP contribution in [0, 0.1) is 0 Å². The van der Waals surface area contributed by atoms with Crippen molar-refractivity contribution in [3.63, 3.8) is 0 Å². The molecule has 1 saturated carbocycles. The van der Waals surface area contributed by atoms with Gasteiger partial charge < -0.3 is 14.6 Å². The van der Waals surface area contributed by atoms with Crippen molar-refractivity contribution in [3.05, 3.63) is 28.7 Å². The number of oxazole rings is 1. The summed E-state index contributed by atoms with van der Waals surface area (Å²) in [5, 5.41) is 3.08. The molecule has 1 aromatic carbocycles. The average molecular weight is 387 g/mol. The van der Waals surface area contributed by atoms with Crippen molar-refractivity contribution in [1.82, 2.24) is 14.4 Å². The second-order valence-electron chi connectivity index (χ2n) is 8.33. The summed E-state index contributed by atoms with van der Waals surface area (Å²) in [6.07, 6.45) is 9.21. The second-order valence-corrected chi connectivity index (χ2v) is 8.33. The minimum absolute atomic E-state index is 0.246. The van der Waals surface area contributed by atoms with Crippen molar-refractivity contribution in [3.8, 4) is 0 Å². The molecule has 2 aliphatic rings. The topological polar surface area (TPSA) is 53.7 Å². The number of aryl methyl sites for hydroxylation is 1. The Balaban J connectivity index is 1.22. The summed E-state index contributed by atoms with van der Waals surface area (Å²) >= 11 is 0. The Morgan fingerprint density at radius 2 is 1.79 bits per heavy atom. The molecule has 6 heteroatoms. The normalized spacial score (nSPS) is 20.0. The van der Waals surface area contributed by atoms with E-state index in [1.165, 1.54) is 58.3 Å². The van der Waals surface area contributed by atoms with E-state index in [1.54, 1.807) is 4.57 Å². The highest BCUT2D eigenvalue weighted by Gasteiger charge is 2.24. The maximum Gasteiger partial charge on any atom is 0.419 e. The number of rotatable bonds is 7. The van der Waals surface area contributed by atoms with Crippen molar-refractivity contribution < 1.29 is 4.42 Å². The zero-order valence-electron chi connectivity index (χ0n) is 17.2. The summed E-state index contributed by atoms with van der Waals surface area (Å²) in [7, 11) is 1.87. The van der Waals surface area contributed by atoms with Gasteiger partial charge in [0.05, 0.1) is 5.52 Å². The van der Waals surface area contributed by atoms with E-state index < -0.39 is 0 Å². The average Bonchev–Trinajstić information content (AvgIpc) is 3.06. The lowest BCUT2D eigenvalue weighted by atomic mass is 9.94. The van der Waals surface area contributed by atoms with Gasteiger partial charge in [-0.2, -0.15) is 0 Å². The van der Waals surface area contributed by atoms with Crippen LogP contribution in [0.5, 0.6) is 0 Å². The quantitative estimate of drug-likeness (QED) is 0.740. The summed E-state index contributed by atoms with van der Waals surface area (Å²) in [5.74, 6) is -0.246. The number of benzene rings is 1. The Hall–Kier alpha value is -1.79. The van der Waals surface area contributed by atoms with Crippen LogP contribution < -0.4 is 11.1 Å². The monoisotopic (exact) mass is 386 g/mol. The molecule has 0 spiro atoms. The Labute approximate surface area is 167 Å². The lowest BCUT2D eigenvalue weighted by Gasteiger charge is -2.40. The smallest absolute Gasteiger partial charge is 0.408 e. The standard InChI is InChI=1S/C22H34N4O2/c1-23-18-9-10-20-21(17-18)28-22(27)26(20)12-6-5-11-24-13-15-25(16-14-24)19-7-3-2-4-8-19/h9-10,17,19,23H,2-8,11-16H2,1H3. The van der Waals surface area contributed by atoms with E-state index in [2.05, 4.69) is 15.1 Å². The predicted molar refractivity (Wildman–Crippen MR) is 114 cm³/mol. The van der Waals surface area contributed by atoms with Gasteiger partial charge in [0, 0.05) is 57.6 Å². The van der Waals surface area contributed by atoms with Crippen LogP contribution in [0.1, 0.15) is 44.9 Å². The Morgan fingerprint density at radius 1 is 1.04 bits per heavy atom. The summed E-state index contributed by atoms with van der Waals surface area (Å²) in [6, 6.07) is 6.69. The van der Waals surface area contributed by atoms with Gasteiger partial charge in [-0.05, 0) is 44.4 Å². The SMILES string of the molecule is CNc1ccc2c(c1)oc(=O)n2CCCCN1CCN(C2CCCCC2)CC1. The zero-order chi connectivity index (χ0) is 19.3. The highest BCUT2D eigenvalue weighted by Crippen LogP contribution is 2.23. The van der Waals surface area contributed by atoms with E-state index >= 15 is 0 Å². The van der Waals surface area contributed by atoms with Crippen LogP contribution in [0.25, 0.3) is 11.1 Å². The third kappa shape index (κ3) is 4.44. The van der Waals surface area contributed by atoms with E-state index in [4.69, 9.17) is 4.42 Å². The van der Waals surface area contributed by atoms with Gasteiger partial charge >= 0.3 is 5.76 Å². The molecule has 1 saturated heterocycles. The van der Waals surface area contributed by atoms with Crippen molar-refractivity contribution in [2.45, 2.75) is 57.5 Å². The Bertz CT molecular complexity index is 814. The Kier molecular flexibility index (Phi) is 6.37. The molecule has 0 unspecified atom stereocenters. The van der Waals surface area contributed by atoms with Crippen LogP contribution in [-0.2, 0) is 6.54 Å². The molecule has 1 N–H and O–H groups in total. The van der Waals surface area contributed by atoms with Gasteiger partial charge in [-0.3, -0.25) is 9.47 Å². The molecule has 0 atom stereocenters. The second kappa shape index (κ2) is 9.14. The summed E-state index contributed by atoms with van der Waals surface area (Å²) < 4.78 is 7.18. The van der Waals surface area contributed by atoms with E-state index in [0.717, 1.165) is 43.2 Å². The highest BCUT2D eigenvalue weighted by molar-refractivity contribution is 5.77. The van der Waals surface area contributed by atoms with Crippen LogP contribution >= 0.6 is 0 Å². The van der Waals surface area contributed by atoms with Gasteiger partial charge in [-0.25, -0.2) is 4.79 Å². The third-order valence-electron chi connectivity index (χ3n) is 6.56. The number of hydrogen-bond acceptors (Lipinski definition) is 5. The van der Waals surface area contributed by atoms with E-state index in [0.29, 0.717) is 5.58 Å². The molecule has 2 aromatic rings. The predicted octanol–water partition coefficient (Wildman–Crippen LogP) is 3.37. The van der Waals surface area contributed by atoms with E-state index in [1.807, 2.05) is 25.2 Å². The van der Waals surface area contributed by atoms with E-state index in [9.17, 15) is 4.79 Å². The number of aromatic nitrogens is 1. The van der Waals surface area contributed by atoms with Gasteiger partial charge in [0.1, 0.15) is 0 Å². The summed E-state index contributed by atoms with van der Waals surface area (Å²) in [6.45, 7) is 6.70. The molecule has 1 aliphatic carbocycles. The molecule has 1 aromatic heterocycles. The molecule has 1 aliphatic heterocycles. The molecule has 4 rings (SSSR count). The first-order valence-electron chi connectivity index (χ1n) is 11.0. The maximum absolute atomic E-state index is 12.2. The molecule has 0 bridgehead atoms. The fraction of sp³-hybridized carbons (Fsp3) is 0.682. The molecule has 28 heavy (non-hydrogen) atoms. The molecule has 154 valence electrons. The number of hydrogen-bond donors (Lipinski definition) is 1. The van der Waals surface area contributed by atoms with Crippen LogP contribution in [0.15, 0.2) is 27.4 Å². The molecular weight excluding hydrogens is 352 g/mol. The molecule has 0 amide bonds. The molecule has 2 fully saturated rings. The zero-order valence-corrected chi connectivity index (χ0v) is 17.2. The van der Waals surface area contributed by atoms with Gasteiger partial charge in [0.2, 0.25) is 0 Å². The minimum Gasteiger partial charge on any atom is -0.408 e.